The van der Waals surface area contributed by atoms with E-state index in [2.05, 4.69) is 60.8 Å². The molecule has 0 amide bonds. The van der Waals surface area contributed by atoms with Gasteiger partial charge >= 0.3 is 0 Å². The molecule has 214 valence electrons. The summed E-state index contributed by atoms with van der Waals surface area (Å²) >= 11 is 3.53. The van der Waals surface area contributed by atoms with Crippen LogP contribution in [0.25, 0.3) is 9.75 Å². The van der Waals surface area contributed by atoms with Crippen LogP contribution < -0.4 is 4.74 Å². The number of unbranched alkanes of at least 4 members (excludes halogenated alkanes) is 13. The van der Waals surface area contributed by atoms with E-state index >= 15 is 0 Å². The Bertz CT molecular complexity index is 1000. The lowest BCUT2D eigenvalue weighted by Gasteiger charge is -2.07. The lowest BCUT2D eigenvalue weighted by molar-refractivity contribution is -0.118. The van der Waals surface area contributed by atoms with E-state index in [9.17, 15) is 4.79 Å². The minimum absolute atomic E-state index is 0.398. The van der Waals surface area contributed by atoms with Gasteiger partial charge in [-0.05, 0) is 67.0 Å². The number of Topliss-reactive ketones (excluding diaryl/α,β-unsaturated/α-hetero) is 1. The standard InChI is InChI=1S/C35H50O2S2/c1-2-3-16-27-37-32-23-21-30(22-24-32)18-14-12-10-8-6-4-5-7-9-11-13-15-19-31(36)29-33-25-26-35(39-33)34-20-17-28-38-34/h17,20-26,28H,2-16,18-19,27,29H2,1H3. The van der Waals surface area contributed by atoms with E-state index in [0.29, 0.717) is 12.2 Å². The Kier molecular flexibility index (Phi) is 16.2. The third-order valence-electron chi connectivity index (χ3n) is 7.41. The first-order chi connectivity index (χ1) is 19.2. The highest BCUT2D eigenvalue weighted by Crippen LogP contribution is 2.32. The Morgan fingerprint density at radius 3 is 2.00 bits per heavy atom. The normalized spacial score (nSPS) is 11.2. The molecule has 3 aromatic rings. The molecule has 0 aliphatic carbocycles. The van der Waals surface area contributed by atoms with E-state index in [1.807, 2.05) is 0 Å². The van der Waals surface area contributed by atoms with Crippen LogP contribution in [0, 0.1) is 0 Å². The van der Waals surface area contributed by atoms with Crippen LogP contribution in [0.3, 0.4) is 0 Å². The first-order valence-electron chi connectivity index (χ1n) is 15.6. The first-order valence-corrected chi connectivity index (χ1v) is 17.3. The van der Waals surface area contributed by atoms with Crippen molar-refractivity contribution in [2.45, 2.75) is 122 Å². The second-order valence-electron chi connectivity index (χ2n) is 10.9. The van der Waals surface area contributed by atoms with Crippen LogP contribution in [-0.2, 0) is 17.6 Å². The fraction of sp³-hybridized carbons (Fsp3) is 0.571. The molecule has 0 saturated heterocycles. The molecule has 0 radical (unpaired) electrons. The summed E-state index contributed by atoms with van der Waals surface area (Å²) in [4.78, 5) is 16.1. The van der Waals surface area contributed by atoms with Gasteiger partial charge in [0.05, 0.1) is 6.61 Å². The van der Waals surface area contributed by atoms with Gasteiger partial charge < -0.3 is 4.74 Å². The molecule has 0 N–H and O–H groups in total. The van der Waals surface area contributed by atoms with Crippen molar-refractivity contribution in [3.63, 3.8) is 0 Å². The third-order valence-corrected chi connectivity index (χ3v) is 9.56. The van der Waals surface area contributed by atoms with Gasteiger partial charge in [-0.2, -0.15) is 0 Å². The number of benzene rings is 1. The number of aryl methyl sites for hydroxylation is 1. The molecule has 0 bridgehead atoms. The molecule has 2 heterocycles. The van der Waals surface area contributed by atoms with Crippen LogP contribution in [0.15, 0.2) is 53.9 Å². The molecule has 3 rings (SSSR count). The van der Waals surface area contributed by atoms with E-state index < -0.39 is 0 Å². The summed E-state index contributed by atoms with van der Waals surface area (Å²) in [7, 11) is 0. The predicted molar refractivity (Wildman–Crippen MR) is 172 cm³/mol. The van der Waals surface area contributed by atoms with E-state index in [4.69, 9.17) is 4.74 Å². The SMILES string of the molecule is CCCCCOc1ccc(CCCCCCCCCCCCCCC(=O)Cc2ccc(-c3cccs3)s2)cc1. The van der Waals surface area contributed by atoms with Gasteiger partial charge in [-0.15, -0.1) is 22.7 Å². The molecule has 0 saturated carbocycles. The van der Waals surface area contributed by atoms with Crippen molar-refractivity contribution in [3.8, 4) is 15.5 Å². The lowest BCUT2D eigenvalue weighted by atomic mass is 10.0. The van der Waals surface area contributed by atoms with E-state index in [-0.39, 0.29) is 0 Å². The van der Waals surface area contributed by atoms with Crippen molar-refractivity contribution >= 4 is 28.5 Å². The number of hydrogen-bond donors (Lipinski definition) is 0. The van der Waals surface area contributed by atoms with E-state index in [0.717, 1.165) is 31.6 Å². The van der Waals surface area contributed by atoms with Crippen LogP contribution >= 0.6 is 22.7 Å². The molecule has 39 heavy (non-hydrogen) atoms. The summed E-state index contributed by atoms with van der Waals surface area (Å²) < 4.78 is 5.81. The van der Waals surface area contributed by atoms with Crippen LogP contribution in [0.1, 0.15) is 120 Å². The quantitative estimate of drug-likeness (QED) is 0.107. The topological polar surface area (TPSA) is 26.3 Å². The van der Waals surface area contributed by atoms with Gasteiger partial charge in [-0.25, -0.2) is 0 Å². The predicted octanol–water partition coefficient (Wildman–Crippen LogP) is 11.5. The second kappa shape index (κ2) is 20.0. The fourth-order valence-corrected chi connectivity index (χ4v) is 6.89. The van der Waals surface area contributed by atoms with Crippen molar-refractivity contribution < 1.29 is 9.53 Å². The number of carbonyl (C=O) groups excluding carboxylic acids is 1. The van der Waals surface area contributed by atoms with Crippen LogP contribution in [0.2, 0.25) is 0 Å². The summed E-state index contributed by atoms with van der Waals surface area (Å²) in [5.41, 5.74) is 1.44. The molecule has 0 fully saturated rings. The number of ether oxygens (including phenoxy) is 1. The maximum atomic E-state index is 12.3. The summed E-state index contributed by atoms with van der Waals surface area (Å²) in [5.74, 6) is 1.41. The van der Waals surface area contributed by atoms with Crippen molar-refractivity contribution in [2.75, 3.05) is 6.61 Å². The molecule has 0 unspecified atom stereocenters. The zero-order valence-electron chi connectivity index (χ0n) is 24.3. The van der Waals surface area contributed by atoms with E-state index in [1.54, 1.807) is 22.7 Å². The summed E-state index contributed by atoms with van der Waals surface area (Å²) in [5, 5.41) is 2.11. The zero-order valence-corrected chi connectivity index (χ0v) is 25.9. The summed E-state index contributed by atoms with van der Waals surface area (Å²) in [6, 6.07) is 17.3. The largest absolute Gasteiger partial charge is 0.494 e. The van der Waals surface area contributed by atoms with Crippen LogP contribution in [0.5, 0.6) is 5.75 Å². The first kappa shape index (κ1) is 31.6. The third kappa shape index (κ3) is 13.8. The van der Waals surface area contributed by atoms with Crippen molar-refractivity contribution in [1.29, 1.82) is 0 Å². The van der Waals surface area contributed by atoms with Crippen LogP contribution in [0.4, 0.5) is 0 Å². The van der Waals surface area contributed by atoms with Gasteiger partial charge in [0.2, 0.25) is 0 Å². The average molecular weight is 567 g/mol. The smallest absolute Gasteiger partial charge is 0.138 e. The molecule has 2 nitrogen and oxygen atoms in total. The monoisotopic (exact) mass is 566 g/mol. The molecular weight excluding hydrogens is 517 g/mol. The van der Waals surface area contributed by atoms with Gasteiger partial charge in [0.1, 0.15) is 11.5 Å². The maximum Gasteiger partial charge on any atom is 0.138 e. The Labute approximate surface area is 246 Å². The zero-order chi connectivity index (χ0) is 27.4. The minimum atomic E-state index is 0.398. The van der Waals surface area contributed by atoms with Crippen molar-refractivity contribution in [1.82, 2.24) is 0 Å². The number of carbonyl (C=O) groups is 1. The Balaban J connectivity index is 1.06. The highest BCUT2D eigenvalue weighted by atomic mass is 32.1. The molecule has 0 spiro atoms. The second-order valence-corrected chi connectivity index (χ2v) is 13.0. The van der Waals surface area contributed by atoms with Gasteiger partial charge in [0.15, 0.2) is 0 Å². The molecule has 1 aromatic carbocycles. The Hall–Kier alpha value is -1.91. The molecule has 0 atom stereocenters. The lowest BCUT2D eigenvalue weighted by Crippen LogP contribution is -2.00. The summed E-state index contributed by atoms with van der Waals surface area (Å²) in [6.45, 7) is 3.06. The number of thiophene rings is 2. The highest BCUT2D eigenvalue weighted by molar-refractivity contribution is 7.21. The summed E-state index contributed by atoms with van der Waals surface area (Å²) in [6.07, 6.45) is 21.9. The van der Waals surface area contributed by atoms with Crippen LogP contribution in [-0.4, -0.2) is 12.4 Å². The Morgan fingerprint density at radius 1 is 0.692 bits per heavy atom. The Morgan fingerprint density at radius 2 is 1.36 bits per heavy atom. The number of hydrogen-bond acceptors (Lipinski definition) is 4. The van der Waals surface area contributed by atoms with E-state index in [1.165, 1.54) is 110 Å². The van der Waals surface area contributed by atoms with Gasteiger partial charge in [-0.3, -0.25) is 4.79 Å². The highest BCUT2D eigenvalue weighted by Gasteiger charge is 2.08. The maximum absolute atomic E-state index is 12.3. The van der Waals surface area contributed by atoms with Gasteiger partial charge in [0, 0.05) is 27.5 Å². The van der Waals surface area contributed by atoms with Crippen molar-refractivity contribution in [3.05, 3.63) is 64.4 Å². The number of ketones is 1. The average Bonchev–Trinajstić information content (AvgIpc) is 3.65. The number of rotatable bonds is 23. The van der Waals surface area contributed by atoms with Gasteiger partial charge in [0.25, 0.3) is 0 Å². The fourth-order valence-electron chi connectivity index (χ4n) is 5.02. The molecule has 2 aromatic heterocycles. The van der Waals surface area contributed by atoms with Crippen molar-refractivity contribution in [2.24, 2.45) is 0 Å². The van der Waals surface area contributed by atoms with Gasteiger partial charge in [-0.1, -0.05) is 102 Å². The molecule has 0 aliphatic rings. The molecule has 0 aliphatic heterocycles. The molecule has 4 heteroatoms. The molecular formula is C35H50O2S2. The minimum Gasteiger partial charge on any atom is -0.494 e.